The van der Waals surface area contributed by atoms with E-state index in [1.807, 2.05) is 0 Å². The van der Waals surface area contributed by atoms with Crippen LogP contribution in [0.4, 0.5) is 0 Å². The van der Waals surface area contributed by atoms with Gasteiger partial charge in [0.1, 0.15) is 17.6 Å². The smallest absolute Gasteiger partial charge is 0.343 e. The average Bonchev–Trinajstić information content (AvgIpc) is 2.74. The largest absolute Gasteiger partial charge is 0.497 e. The Morgan fingerprint density at radius 3 is 2.00 bits per heavy atom. The molecule has 0 bridgehead atoms. The minimum Gasteiger partial charge on any atom is -0.497 e. The van der Waals surface area contributed by atoms with E-state index in [1.54, 1.807) is 55.6 Å². The zero-order chi connectivity index (χ0) is 21.7. The fraction of sp³-hybridized carbons (Fsp3) is 0.440. The highest BCUT2D eigenvalue weighted by molar-refractivity contribution is 5.92. The Bertz CT molecular complexity index is 854. The van der Waals surface area contributed by atoms with Crippen LogP contribution in [0.1, 0.15) is 60.7 Å². The van der Waals surface area contributed by atoms with Crippen molar-refractivity contribution in [3.05, 3.63) is 59.7 Å². The molecule has 0 heterocycles. The molecule has 0 N–H and O–H groups in total. The van der Waals surface area contributed by atoms with Gasteiger partial charge in [-0.2, -0.15) is 0 Å². The summed E-state index contributed by atoms with van der Waals surface area (Å²) >= 11 is 0. The Morgan fingerprint density at radius 2 is 1.43 bits per heavy atom. The summed E-state index contributed by atoms with van der Waals surface area (Å²) in [5, 5.41) is 0. The number of hydrogen-bond acceptors (Lipinski definition) is 5. The van der Waals surface area contributed by atoms with Gasteiger partial charge in [0, 0.05) is 0 Å². The summed E-state index contributed by atoms with van der Waals surface area (Å²) < 4.78 is 16.4. The van der Waals surface area contributed by atoms with Gasteiger partial charge in [0.05, 0.1) is 18.2 Å². The molecule has 0 saturated heterocycles. The van der Waals surface area contributed by atoms with Crippen LogP contribution in [0.2, 0.25) is 0 Å². The van der Waals surface area contributed by atoms with Crippen molar-refractivity contribution < 1.29 is 23.8 Å². The van der Waals surface area contributed by atoms with Crippen molar-refractivity contribution in [1.29, 1.82) is 0 Å². The predicted octanol–water partition coefficient (Wildman–Crippen LogP) is 5.53. The maximum absolute atomic E-state index is 12.7. The zero-order valence-corrected chi connectivity index (χ0v) is 18.1. The summed E-state index contributed by atoms with van der Waals surface area (Å²) in [6, 6.07) is 13.2. The van der Waals surface area contributed by atoms with Crippen LogP contribution in [0.5, 0.6) is 11.5 Å². The van der Waals surface area contributed by atoms with E-state index in [2.05, 4.69) is 20.8 Å². The third kappa shape index (κ3) is 5.41. The van der Waals surface area contributed by atoms with E-state index in [1.165, 1.54) is 6.42 Å². The molecule has 3 unspecified atom stereocenters. The van der Waals surface area contributed by atoms with Gasteiger partial charge in [-0.05, 0) is 79.1 Å². The topological polar surface area (TPSA) is 61.8 Å². The molecule has 3 atom stereocenters. The van der Waals surface area contributed by atoms with Crippen LogP contribution >= 0.6 is 0 Å². The van der Waals surface area contributed by atoms with Crippen LogP contribution in [0.15, 0.2) is 48.5 Å². The lowest BCUT2D eigenvalue weighted by atomic mass is 9.75. The predicted molar refractivity (Wildman–Crippen MR) is 115 cm³/mol. The van der Waals surface area contributed by atoms with E-state index in [4.69, 9.17) is 14.2 Å². The summed E-state index contributed by atoms with van der Waals surface area (Å²) in [5.41, 5.74) is 0.880. The van der Waals surface area contributed by atoms with Crippen molar-refractivity contribution in [2.24, 2.45) is 17.8 Å². The molecule has 0 aromatic heterocycles. The van der Waals surface area contributed by atoms with Crippen LogP contribution < -0.4 is 9.47 Å². The molecule has 1 aliphatic carbocycles. The van der Waals surface area contributed by atoms with E-state index in [0.29, 0.717) is 40.4 Å². The fourth-order valence-electron chi connectivity index (χ4n) is 4.01. The van der Waals surface area contributed by atoms with E-state index < -0.39 is 5.97 Å². The first-order chi connectivity index (χ1) is 14.4. The molecule has 30 heavy (non-hydrogen) atoms. The molecule has 5 heteroatoms. The number of benzene rings is 2. The van der Waals surface area contributed by atoms with Gasteiger partial charge in [-0.1, -0.05) is 27.2 Å². The van der Waals surface area contributed by atoms with Crippen molar-refractivity contribution in [1.82, 2.24) is 0 Å². The first-order valence-electron chi connectivity index (χ1n) is 10.5. The third-order valence-corrected chi connectivity index (χ3v) is 5.85. The number of carbonyl (C=O) groups is 2. The summed E-state index contributed by atoms with van der Waals surface area (Å²) in [7, 11) is 1.57. The van der Waals surface area contributed by atoms with Crippen LogP contribution in [0.3, 0.4) is 0 Å². The van der Waals surface area contributed by atoms with Crippen molar-refractivity contribution in [2.45, 2.75) is 46.1 Å². The molecular formula is C25H30O5. The Hall–Kier alpha value is -2.82. The molecule has 1 fully saturated rings. The fourth-order valence-corrected chi connectivity index (χ4v) is 4.01. The number of methoxy groups -OCH3 is 1. The van der Waals surface area contributed by atoms with Gasteiger partial charge in [-0.25, -0.2) is 9.59 Å². The molecule has 0 spiro atoms. The van der Waals surface area contributed by atoms with Gasteiger partial charge in [0.15, 0.2) is 0 Å². The molecule has 1 saturated carbocycles. The molecular weight excluding hydrogens is 380 g/mol. The Labute approximate surface area is 178 Å². The van der Waals surface area contributed by atoms with Crippen molar-refractivity contribution >= 4 is 11.9 Å². The number of rotatable bonds is 6. The lowest BCUT2D eigenvalue weighted by Gasteiger charge is -2.36. The van der Waals surface area contributed by atoms with Crippen LogP contribution in [0.25, 0.3) is 0 Å². The highest BCUT2D eigenvalue weighted by atomic mass is 16.5. The maximum Gasteiger partial charge on any atom is 0.343 e. The normalized spacial score (nSPS) is 21.2. The molecule has 0 radical (unpaired) electrons. The van der Waals surface area contributed by atoms with Crippen LogP contribution in [-0.4, -0.2) is 25.2 Å². The second-order valence-corrected chi connectivity index (χ2v) is 8.41. The first-order valence-corrected chi connectivity index (χ1v) is 10.5. The Balaban J connectivity index is 1.61. The molecule has 5 nitrogen and oxygen atoms in total. The average molecular weight is 411 g/mol. The number of ether oxygens (including phenoxy) is 3. The molecule has 1 aliphatic rings. The van der Waals surface area contributed by atoms with Gasteiger partial charge in [-0.3, -0.25) is 0 Å². The van der Waals surface area contributed by atoms with E-state index in [-0.39, 0.29) is 12.1 Å². The Kier molecular flexibility index (Phi) is 7.14. The van der Waals surface area contributed by atoms with Crippen LogP contribution in [-0.2, 0) is 4.74 Å². The minimum absolute atomic E-state index is 0.0474. The van der Waals surface area contributed by atoms with E-state index in [0.717, 1.165) is 12.8 Å². The first kappa shape index (κ1) is 21.9. The van der Waals surface area contributed by atoms with Crippen LogP contribution in [0, 0.1) is 17.8 Å². The summed E-state index contributed by atoms with van der Waals surface area (Å²) in [6.45, 7) is 6.59. The van der Waals surface area contributed by atoms with E-state index >= 15 is 0 Å². The van der Waals surface area contributed by atoms with Gasteiger partial charge in [-0.15, -0.1) is 0 Å². The summed E-state index contributed by atoms with van der Waals surface area (Å²) in [6.07, 6.45) is 3.14. The minimum atomic E-state index is -0.469. The third-order valence-electron chi connectivity index (χ3n) is 5.85. The quantitative estimate of drug-likeness (QED) is 0.463. The summed E-state index contributed by atoms with van der Waals surface area (Å²) in [4.78, 5) is 24.9. The summed E-state index contributed by atoms with van der Waals surface area (Å²) in [5.74, 6) is 1.69. The van der Waals surface area contributed by atoms with Gasteiger partial charge in [0.25, 0.3) is 0 Å². The van der Waals surface area contributed by atoms with Gasteiger partial charge in [0.2, 0.25) is 0 Å². The van der Waals surface area contributed by atoms with Crippen molar-refractivity contribution in [3.8, 4) is 11.5 Å². The molecule has 160 valence electrons. The van der Waals surface area contributed by atoms with Crippen molar-refractivity contribution in [3.63, 3.8) is 0 Å². The highest BCUT2D eigenvalue weighted by Crippen LogP contribution is 2.35. The molecule has 0 aliphatic heterocycles. The maximum atomic E-state index is 12.7. The van der Waals surface area contributed by atoms with Gasteiger partial charge < -0.3 is 14.2 Å². The Morgan fingerprint density at radius 1 is 0.867 bits per heavy atom. The molecule has 0 amide bonds. The van der Waals surface area contributed by atoms with Gasteiger partial charge >= 0.3 is 11.9 Å². The second kappa shape index (κ2) is 9.79. The lowest BCUT2D eigenvalue weighted by Crippen LogP contribution is -2.35. The van der Waals surface area contributed by atoms with Crippen molar-refractivity contribution in [2.75, 3.05) is 7.11 Å². The molecule has 3 rings (SSSR count). The number of carbonyl (C=O) groups excluding carboxylic acids is 2. The SMILES string of the molecule is COc1ccc(C(=O)Oc2ccc(C(=O)OC3CC(C)CCC3C(C)C)cc2)cc1. The number of esters is 2. The molecule has 2 aromatic carbocycles. The van der Waals surface area contributed by atoms with E-state index in [9.17, 15) is 9.59 Å². The second-order valence-electron chi connectivity index (χ2n) is 8.41. The molecule has 2 aromatic rings. The highest BCUT2D eigenvalue weighted by Gasteiger charge is 2.33. The zero-order valence-electron chi connectivity index (χ0n) is 18.1. The monoisotopic (exact) mass is 410 g/mol. The lowest BCUT2D eigenvalue weighted by molar-refractivity contribution is -0.0174. The number of hydrogen-bond donors (Lipinski definition) is 0. The standard InChI is InChI=1S/C25H30O5/c1-16(2)22-14-5-17(3)15-23(22)30-25(27)19-8-12-21(13-9-19)29-24(26)18-6-10-20(28-4)11-7-18/h6-13,16-17,22-23H,5,14-15H2,1-4H3.